The van der Waals surface area contributed by atoms with E-state index in [4.69, 9.17) is 0 Å². The lowest BCUT2D eigenvalue weighted by molar-refractivity contribution is 0.563. The molecule has 0 bridgehead atoms. The molecule has 0 heterocycles. The summed E-state index contributed by atoms with van der Waals surface area (Å²) in [6, 6.07) is 15.6. The average molecular weight is 261 g/mol. The number of benzene rings is 2. The molecule has 0 aliphatic heterocycles. The highest BCUT2D eigenvalue weighted by Gasteiger charge is 1.98. The van der Waals surface area contributed by atoms with Gasteiger partial charge in [0.25, 0.3) is 0 Å². The lowest BCUT2D eigenvalue weighted by Gasteiger charge is -2.01. The van der Waals surface area contributed by atoms with Crippen LogP contribution >= 0.6 is 0 Å². The Morgan fingerprint density at radius 3 is 1.90 bits per heavy atom. The molecule has 2 rings (SSSR count). The molecule has 2 aromatic rings. The first-order chi connectivity index (χ1) is 9.83. The molecular weight excluding hydrogens is 244 g/mol. The summed E-state index contributed by atoms with van der Waals surface area (Å²) in [6.45, 7) is 2.17. The van der Waals surface area contributed by atoms with Gasteiger partial charge in [0, 0.05) is 17.5 Å². The first-order valence-electron chi connectivity index (χ1n) is 6.91. The molecule has 20 heavy (non-hydrogen) atoms. The van der Waals surface area contributed by atoms with E-state index in [2.05, 4.69) is 30.9 Å². The molecular formula is C19H17O. The summed E-state index contributed by atoms with van der Waals surface area (Å²) in [5.41, 5.74) is 3.84. The van der Waals surface area contributed by atoms with E-state index in [9.17, 15) is 4.79 Å². The Balaban J connectivity index is 2.10. The van der Waals surface area contributed by atoms with Gasteiger partial charge in [0.15, 0.2) is 0 Å². The second kappa shape index (κ2) is 7.31. The Hall–Kier alpha value is -2.33. The van der Waals surface area contributed by atoms with Crippen LogP contribution in [0.5, 0.6) is 0 Å². The van der Waals surface area contributed by atoms with Crippen LogP contribution in [0.25, 0.3) is 11.1 Å². The van der Waals surface area contributed by atoms with Crippen LogP contribution in [0.3, 0.4) is 0 Å². The second-order valence-electron chi connectivity index (χ2n) is 4.66. The molecule has 0 aliphatic carbocycles. The Labute approximate surface area is 120 Å². The van der Waals surface area contributed by atoms with E-state index < -0.39 is 0 Å². The Bertz CT molecular complexity index is 610. The van der Waals surface area contributed by atoms with Crippen molar-refractivity contribution in [3.63, 3.8) is 0 Å². The number of hydrogen-bond donors (Lipinski definition) is 0. The van der Waals surface area contributed by atoms with Crippen molar-refractivity contribution in [3.8, 4) is 23.0 Å². The molecule has 0 saturated carbocycles. The topological polar surface area (TPSA) is 17.1 Å². The van der Waals surface area contributed by atoms with Crippen molar-refractivity contribution in [2.45, 2.75) is 26.2 Å². The van der Waals surface area contributed by atoms with Crippen LogP contribution in [-0.4, -0.2) is 6.29 Å². The predicted molar refractivity (Wildman–Crippen MR) is 83.1 cm³/mol. The molecule has 1 nitrogen and oxygen atoms in total. The summed E-state index contributed by atoms with van der Waals surface area (Å²) in [7, 11) is 0. The minimum Gasteiger partial charge on any atom is -0.285 e. The highest BCUT2D eigenvalue weighted by Crippen LogP contribution is 2.19. The number of hydrogen-bond acceptors (Lipinski definition) is 1. The summed E-state index contributed by atoms with van der Waals surface area (Å²) in [5.74, 6) is 6.36. The first kappa shape index (κ1) is 14.1. The SMILES string of the molecule is CCCCC#Cc1ccc(-c2ccc([C]=O)cc2)cc1. The van der Waals surface area contributed by atoms with E-state index in [1.54, 1.807) is 12.1 Å². The van der Waals surface area contributed by atoms with E-state index >= 15 is 0 Å². The van der Waals surface area contributed by atoms with Gasteiger partial charge < -0.3 is 0 Å². The number of unbranched alkanes of at least 4 members (excludes halogenated alkanes) is 2. The van der Waals surface area contributed by atoms with Crippen molar-refractivity contribution >= 4 is 6.29 Å². The van der Waals surface area contributed by atoms with Crippen molar-refractivity contribution in [1.29, 1.82) is 0 Å². The molecule has 0 saturated heterocycles. The van der Waals surface area contributed by atoms with Gasteiger partial charge in [-0.2, -0.15) is 0 Å². The van der Waals surface area contributed by atoms with Gasteiger partial charge in [0.1, 0.15) is 0 Å². The molecule has 0 spiro atoms. The highest BCUT2D eigenvalue weighted by molar-refractivity contribution is 5.77. The fourth-order valence-corrected chi connectivity index (χ4v) is 1.91. The summed E-state index contributed by atoms with van der Waals surface area (Å²) in [6.07, 6.45) is 5.18. The van der Waals surface area contributed by atoms with Crippen molar-refractivity contribution < 1.29 is 4.79 Å². The molecule has 2 aromatic carbocycles. The van der Waals surface area contributed by atoms with Gasteiger partial charge in [-0.15, -0.1) is 0 Å². The Morgan fingerprint density at radius 1 is 0.850 bits per heavy atom. The van der Waals surface area contributed by atoms with Gasteiger partial charge in [-0.25, -0.2) is 0 Å². The summed E-state index contributed by atoms with van der Waals surface area (Å²) in [5, 5.41) is 0. The van der Waals surface area contributed by atoms with Gasteiger partial charge >= 0.3 is 0 Å². The van der Waals surface area contributed by atoms with E-state index in [1.807, 2.05) is 30.6 Å². The Morgan fingerprint density at radius 2 is 1.40 bits per heavy atom. The van der Waals surface area contributed by atoms with Crippen LogP contribution in [0.1, 0.15) is 37.3 Å². The predicted octanol–water partition coefficient (Wildman–Crippen LogP) is 4.35. The van der Waals surface area contributed by atoms with Gasteiger partial charge in [-0.1, -0.05) is 61.6 Å². The molecule has 99 valence electrons. The molecule has 0 N–H and O–H groups in total. The number of carbonyl (C=O) groups excluding carboxylic acids is 1. The lowest BCUT2D eigenvalue weighted by Crippen LogP contribution is -1.82. The monoisotopic (exact) mass is 261 g/mol. The van der Waals surface area contributed by atoms with Crippen LogP contribution in [0, 0.1) is 11.8 Å². The van der Waals surface area contributed by atoms with Crippen LogP contribution in [0.15, 0.2) is 48.5 Å². The lowest BCUT2D eigenvalue weighted by atomic mass is 10.0. The van der Waals surface area contributed by atoms with E-state index in [0.29, 0.717) is 5.56 Å². The van der Waals surface area contributed by atoms with E-state index in [0.717, 1.165) is 29.5 Å². The van der Waals surface area contributed by atoms with Crippen LogP contribution in [0.2, 0.25) is 0 Å². The largest absolute Gasteiger partial charge is 0.285 e. The first-order valence-corrected chi connectivity index (χ1v) is 6.91. The van der Waals surface area contributed by atoms with Gasteiger partial charge in [-0.05, 0) is 29.7 Å². The zero-order valence-corrected chi connectivity index (χ0v) is 11.6. The normalized spacial score (nSPS) is 9.65. The van der Waals surface area contributed by atoms with Crippen molar-refractivity contribution in [2.24, 2.45) is 0 Å². The molecule has 0 aliphatic rings. The van der Waals surface area contributed by atoms with Crippen molar-refractivity contribution in [1.82, 2.24) is 0 Å². The maximum Gasteiger partial charge on any atom is 0.233 e. The minimum absolute atomic E-state index is 0.576. The zero-order chi connectivity index (χ0) is 14.2. The third-order valence-electron chi connectivity index (χ3n) is 3.11. The molecule has 1 heteroatoms. The molecule has 0 amide bonds. The maximum atomic E-state index is 10.5. The van der Waals surface area contributed by atoms with Crippen LogP contribution in [0.4, 0.5) is 0 Å². The molecule has 0 aromatic heterocycles. The summed E-state index contributed by atoms with van der Waals surface area (Å²) < 4.78 is 0. The van der Waals surface area contributed by atoms with Crippen LogP contribution in [-0.2, 0) is 4.79 Å². The fraction of sp³-hybridized carbons (Fsp3) is 0.211. The third-order valence-corrected chi connectivity index (χ3v) is 3.11. The van der Waals surface area contributed by atoms with Gasteiger partial charge in [0.2, 0.25) is 6.29 Å². The van der Waals surface area contributed by atoms with Gasteiger partial charge in [-0.3, -0.25) is 4.79 Å². The Kier molecular flexibility index (Phi) is 5.15. The number of rotatable bonds is 4. The molecule has 0 atom stereocenters. The minimum atomic E-state index is 0.576. The summed E-state index contributed by atoms with van der Waals surface area (Å²) >= 11 is 0. The fourth-order valence-electron chi connectivity index (χ4n) is 1.91. The van der Waals surface area contributed by atoms with Crippen LogP contribution < -0.4 is 0 Å². The quantitative estimate of drug-likeness (QED) is 0.590. The molecule has 1 radical (unpaired) electrons. The standard InChI is InChI=1S/C19H17O/c1-2-3-4-5-6-16-7-11-18(12-8-16)19-13-9-17(15-20)10-14-19/h7-14H,2-4H2,1H3. The maximum absolute atomic E-state index is 10.5. The van der Waals surface area contributed by atoms with Crippen molar-refractivity contribution in [2.75, 3.05) is 0 Å². The average Bonchev–Trinajstić information content (AvgIpc) is 2.52. The van der Waals surface area contributed by atoms with Crippen molar-refractivity contribution in [3.05, 3.63) is 59.7 Å². The smallest absolute Gasteiger partial charge is 0.233 e. The highest BCUT2D eigenvalue weighted by atomic mass is 16.1. The zero-order valence-electron chi connectivity index (χ0n) is 11.6. The van der Waals surface area contributed by atoms with Gasteiger partial charge in [0.05, 0.1) is 0 Å². The molecule has 0 unspecified atom stereocenters. The van der Waals surface area contributed by atoms with E-state index in [-0.39, 0.29) is 0 Å². The third kappa shape index (κ3) is 3.83. The molecule has 0 fully saturated rings. The second-order valence-corrected chi connectivity index (χ2v) is 4.66. The van der Waals surface area contributed by atoms with E-state index in [1.165, 1.54) is 6.42 Å². The summed E-state index contributed by atoms with van der Waals surface area (Å²) in [4.78, 5) is 10.5.